The van der Waals surface area contributed by atoms with Crippen molar-refractivity contribution in [1.82, 2.24) is 0 Å². The van der Waals surface area contributed by atoms with E-state index in [1.54, 1.807) is 27.7 Å². The van der Waals surface area contributed by atoms with Crippen LogP contribution in [0, 0.1) is 0 Å². The van der Waals surface area contributed by atoms with Crippen LogP contribution in [-0.4, -0.2) is 36.4 Å². The number of hydrogen-bond acceptors (Lipinski definition) is 5. The van der Waals surface area contributed by atoms with Gasteiger partial charge in [0.15, 0.2) is 0 Å². The Morgan fingerprint density at radius 3 is 1.95 bits per heavy atom. The van der Waals surface area contributed by atoms with Crippen LogP contribution in [0.1, 0.15) is 27.7 Å². The third kappa shape index (κ3) is 8.15. The summed E-state index contributed by atoms with van der Waals surface area (Å²) < 4.78 is 15.7. The minimum absolute atomic E-state index is 0.0866. The first kappa shape index (κ1) is 17.4. The van der Waals surface area contributed by atoms with Crippen LogP contribution in [0.25, 0.3) is 0 Å². The monoisotopic (exact) mass is 270 g/mol. The van der Waals surface area contributed by atoms with Gasteiger partial charge in [-0.05, 0) is 27.7 Å². The summed E-state index contributed by atoms with van der Waals surface area (Å²) in [4.78, 5) is 22.1. The van der Waals surface area contributed by atoms with Gasteiger partial charge in [0, 0.05) is 12.2 Å². The van der Waals surface area contributed by atoms with Crippen molar-refractivity contribution in [3.63, 3.8) is 0 Å². The van der Waals surface area contributed by atoms with Gasteiger partial charge in [0.2, 0.25) is 0 Å². The highest BCUT2D eigenvalue weighted by molar-refractivity contribution is 5.81. The summed E-state index contributed by atoms with van der Waals surface area (Å²) in [6.45, 7) is 13.9. The van der Waals surface area contributed by atoms with E-state index in [2.05, 4.69) is 13.2 Å². The molecule has 0 amide bonds. The molecular formula is C14H22O5. The fourth-order valence-electron chi connectivity index (χ4n) is 1.06. The van der Waals surface area contributed by atoms with Gasteiger partial charge in [-0.1, -0.05) is 13.2 Å². The van der Waals surface area contributed by atoms with E-state index >= 15 is 0 Å². The molecule has 0 aliphatic rings. The zero-order valence-corrected chi connectivity index (χ0v) is 12.0. The first-order valence-electron chi connectivity index (χ1n) is 5.90. The van der Waals surface area contributed by atoms with Gasteiger partial charge in [0.25, 0.3) is 0 Å². The van der Waals surface area contributed by atoms with Crippen LogP contribution in [0.4, 0.5) is 0 Å². The van der Waals surface area contributed by atoms with Crippen molar-refractivity contribution in [1.29, 1.82) is 0 Å². The molecule has 0 aromatic heterocycles. The highest BCUT2D eigenvalue weighted by Crippen LogP contribution is 2.17. The van der Waals surface area contributed by atoms with Gasteiger partial charge in [0.05, 0.1) is 12.2 Å². The summed E-state index contributed by atoms with van der Waals surface area (Å²) >= 11 is 0. The van der Waals surface area contributed by atoms with Gasteiger partial charge in [-0.15, -0.1) is 0 Å². The molecule has 0 atom stereocenters. The lowest BCUT2D eigenvalue weighted by atomic mass is 10.1. The van der Waals surface area contributed by atoms with Crippen LogP contribution in [0.15, 0.2) is 25.3 Å². The highest BCUT2D eigenvalue weighted by atomic mass is 16.6. The molecule has 0 fully saturated rings. The molecule has 0 aliphatic carbocycles. The maximum Gasteiger partial charge on any atom is 0.330 e. The topological polar surface area (TPSA) is 61.8 Å². The SMILES string of the molecule is C=CC(=O)OCC(C)(C)OCC(C)(C)OC(=O)C=C. The standard InChI is InChI=1S/C14H22O5/c1-7-11(15)17-9-13(3,4)18-10-14(5,6)19-12(16)8-2/h7-8H,1-2,9-10H2,3-6H3. The Balaban J connectivity index is 4.27. The second-order valence-corrected chi connectivity index (χ2v) is 5.25. The smallest absolute Gasteiger partial charge is 0.330 e. The molecule has 0 aromatic carbocycles. The molecule has 0 rings (SSSR count). The molecule has 0 bridgehead atoms. The highest BCUT2D eigenvalue weighted by Gasteiger charge is 2.28. The van der Waals surface area contributed by atoms with Crippen molar-refractivity contribution in [3.8, 4) is 0 Å². The van der Waals surface area contributed by atoms with Crippen LogP contribution in [0.5, 0.6) is 0 Å². The first-order valence-corrected chi connectivity index (χ1v) is 5.90. The summed E-state index contributed by atoms with van der Waals surface area (Å²) in [7, 11) is 0. The van der Waals surface area contributed by atoms with Crippen molar-refractivity contribution >= 4 is 11.9 Å². The minimum Gasteiger partial charge on any atom is -0.459 e. The zero-order valence-electron chi connectivity index (χ0n) is 12.0. The van der Waals surface area contributed by atoms with E-state index in [1.165, 1.54) is 0 Å². The molecule has 0 radical (unpaired) electrons. The van der Waals surface area contributed by atoms with Crippen LogP contribution in [-0.2, 0) is 23.8 Å². The number of ether oxygens (including phenoxy) is 3. The van der Waals surface area contributed by atoms with Gasteiger partial charge in [-0.3, -0.25) is 0 Å². The molecule has 108 valence electrons. The van der Waals surface area contributed by atoms with E-state index in [4.69, 9.17) is 14.2 Å². The lowest BCUT2D eigenvalue weighted by molar-refractivity contribution is -0.168. The maximum atomic E-state index is 11.1. The number of esters is 2. The van der Waals surface area contributed by atoms with E-state index in [0.29, 0.717) is 0 Å². The minimum atomic E-state index is -0.787. The van der Waals surface area contributed by atoms with E-state index in [0.717, 1.165) is 12.2 Å². The van der Waals surface area contributed by atoms with Crippen LogP contribution >= 0.6 is 0 Å². The Kier molecular flexibility index (Phi) is 6.48. The predicted molar refractivity (Wildman–Crippen MR) is 71.6 cm³/mol. The normalized spacial score (nSPS) is 11.6. The van der Waals surface area contributed by atoms with Crippen molar-refractivity contribution < 1.29 is 23.8 Å². The number of carbonyl (C=O) groups excluding carboxylic acids is 2. The molecule has 0 unspecified atom stereocenters. The lowest BCUT2D eigenvalue weighted by Crippen LogP contribution is -2.40. The second kappa shape index (κ2) is 7.09. The summed E-state index contributed by atoms with van der Waals surface area (Å²) in [6.07, 6.45) is 2.19. The largest absolute Gasteiger partial charge is 0.459 e. The number of rotatable bonds is 8. The molecule has 0 spiro atoms. The molecule has 0 aliphatic heterocycles. The van der Waals surface area contributed by atoms with Gasteiger partial charge in [0.1, 0.15) is 12.2 Å². The first-order chi connectivity index (χ1) is 8.62. The lowest BCUT2D eigenvalue weighted by Gasteiger charge is -2.31. The van der Waals surface area contributed by atoms with Gasteiger partial charge in [-0.2, -0.15) is 0 Å². The fourth-order valence-corrected chi connectivity index (χ4v) is 1.06. The molecule has 0 N–H and O–H groups in total. The summed E-state index contributed by atoms with van der Waals surface area (Å²) in [6, 6.07) is 0. The van der Waals surface area contributed by atoms with Crippen LogP contribution < -0.4 is 0 Å². The molecular weight excluding hydrogens is 248 g/mol. The molecule has 19 heavy (non-hydrogen) atoms. The molecule has 0 saturated carbocycles. The molecule has 5 heteroatoms. The average Bonchev–Trinajstić information content (AvgIpc) is 2.33. The van der Waals surface area contributed by atoms with Crippen LogP contribution in [0.2, 0.25) is 0 Å². The summed E-state index contributed by atoms with van der Waals surface area (Å²) in [5.74, 6) is -1.02. The van der Waals surface area contributed by atoms with Crippen molar-refractivity contribution in [3.05, 3.63) is 25.3 Å². The molecule has 0 saturated heterocycles. The zero-order chi connectivity index (χ0) is 15.1. The van der Waals surface area contributed by atoms with E-state index in [-0.39, 0.29) is 13.2 Å². The van der Waals surface area contributed by atoms with E-state index in [9.17, 15) is 9.59 Å². The predicted octanol–water partition coefficient (Wildman–Crippen LogP) is 2.02. The average molecular weight is 270 g/mol. The van der Waals surface area contributed by atoms with Gasteiger partial charge in [-0.25, -0.2) is 9.59 Å². The molecule has 5 nitrogen and oxygen atoms in total. The van der Waals surface area contributed by atoms with Gasteiger partial charge < -0.3 is 14.2 Å². The second-order valence-electron chi connectivity index (χ2n) is 5.25. The van der Waals surface area contributed by atoms with Crippen molar-refractivity contribution in [2.75, 3.05) is 13.2 Å². The Hall–Kier alpha value is -1.62. The fraction of sp³-hybridized carbons (Fsp3) is 0.571. The Labute approximate surface area is 114 Å². The van der Waals surface area contributed by atoms with Crippen molar-refractivity contribution in [2.45, 2.75) is 38.9 Å². The van der Waals surface area contributed by atoms with E-state index < -0.39 is 23.1 Å². The third-order valence-electron chi connectivity index (χ3n) is 2.08. The maximum absolute atomic E-state index is 11.1. The third-order valence-corrected chi connectivity index (χ3v) is 2.08. The summed E-state index contributed by atoms with van der Waals surface area (Å²) in [5.41, 5.74) is -1.47. The Bertz CT molecular complexity index is 355. The molecule has 0 aromatic rings. The van der Waals surface area contributed by atoms with Crippen molar-refractivity contribution in [2.24, 2.45) is 0 Å². The van der Waals surface area contributed by atoms with Crippen LogP contribution in [0.3, 0.4) is 0 Å². The quantitative estimate of drug-likeness (QED) is 0.499. The molecule has 0 heterocycles. The Morgan fingerprint density at radius 2 is 1.47 bits per heavy atom. The Morgan fingerprint density at radius 1 is 0.947 bits per heavy atom. The number of carbonyl (C=O) groups is 2. The number of hydrogen-bond donors (Lipinski definition) is 0. The van der Waals surface area contributed by atoms with E-state index in [1.807, 2.05) is 0 Å². The van der Waals surface area contributed by atoms with Gasteiger partial charge >= 0.3 is 11.9 Å². The summed E-state index contributed by atoms with van der Waals surface area (Å²) in [5, 5.41) is 0.